The minimum Gasteiger partial charge on any atom is -0.353 e. The van der Waals surface area contributed by atoms with Crippen LogP contribution in [-0.2, 0) is 6.54 Å². The Morgan fingerprint density at radius 3 is 2.59 bits per heavy atom. The van der Waals surface area contributed by atoms with Gasteiger partial charge in [0.25, 0.3) is 5.91 Å². The fraction of sp³-hybridized carbons (Fsp3) is 0.250. The van der Waals surface area contributed by atoms with Crippen molar-refractivity contribution in [3.8, 4) is 11.3 Å². The van der Waals surface area contributed by atoms with Crippen LogP contribution in [-0.4, -0.2) is 59.0 Å². The van der Waals surface area contributed by atoms with E-state index < -0.39 is 23.4 Å². The molecule has 0 fully saturated rings. The molecule has 0 unspecified atom stereocenters. The first-order valence-corrected chi connectivity index (χ1v) is 13.6. The van der Waals surface area contributed by atoms with Crippen molar-refractivity contribution in [2.75, 3.05) is 42.7 Å². The molecular formula is C28H28F2N8O2S. The molecule has 5 rings (SSSR count). The number of nitrogens with zero attached hydrogens (tertiary/aromatic N) is 5. The second-order valence-electron chi connectivity index (χ2n) is 9.75. The Labute approximate surface area is 239 Å². The molecule has 212 valence electrons. The summed E-state index contributed by atoms with van der Waals surface area (Å²) in [7, 11) is 3.83. The number of hydrogen-bond acceptors (Lipinski definition) is 8. The molecule has 0 atom stereocenters. The van der Waals surface area contributed by atoms with Crippen molar-refractivity contribution in [2.24, 2.45) is 0 Å². The van der Waals surface area contributed by atoms with Crippen LogP contribution >= 0.6 is 11.3 Å². The van der Waals surface area contributed by atoms with E-state index in [-0.39, 0.29) is 24.2 Å². The van der Waals surface area contributed by atoms with Gasteiger partial charge in [-0.3, -0.25) is 10.1 Å². The van der Waals surface area contributed by atoms with E-state index in [1.807, 2.05) is 32.8 Å². The molecule has 1 aliphatic rings. The molecule has 0 radical (unpaired) electrons. The summed E-state index contributed by atoms with van der Waals surface area (Å²) in [6.07, 6.45) is 1.68. The molecule has 0 spiro atoms. The molecule has 1 aliphatic heterocycles. The van der Waals surface area contributed by atoms with Crippen LogP contribution in [0.4, 0.5) is 36.2 Å². The first-order chi connectivity index (χ1) is 19.6. The fourth-order valence-corrected chi connectivity index (χ4v) is 5.02. The molecule has 3 heterocycles. The molecule has 0 bridgehead atoms. The number of fused-ring (bicyclic) bond motifs is 1. The van der Waals surface area contributed by atoms with Gasteiger partial charge in [-0.15, -0.1) is 11.3 Å². The van der Waals surface area contributed by atoms with Crippen LogP contribution in [0.1, 0.15) is 26.4 Å². The molecule has 0 aliphatic carbocycles. The Balaban J connectivity index is 1.64. The van der Waals surface area contributed by atoms with Crippen molar-refractivity contribution in [3.63, 3.8) is 0 Å². The van der Waals surface area contributed by atoms with Crippen molar-refractivity contribution >= 4 is 45.9 Å². The first-order valence-electron chi connectivity index (χ1n) is 12.8. The number of rotatable bonds is 8. The number of nitrogens with one attached hydrogen (secondary N) is 3. The molecule has 2 aromatic carbocycles. The van der Waals surface area contributed by atoms with Crippen LogP contribution < -0.4 is 20.9 Å². The van der Waals surface area contributed by atoms with Crippen molar-refractivity contribution in [1.29, 1.82) is 0 Å². The highest BCUT2D eigenvalue weighted by Crippen LogP contribution is 2.39. The predicted molar refractivity (Wildman–Crippen MR) is 155 cm³/mol. The van der Waals surface area contributed by atoms with Gasteiger partial charge in [-0.2, -0.15) is 4.98 Å². The largest absolute Gasteiger partial charge is 0.353 e. The van der Waals surface area contributed by atoms with Crippen molar-refractivity contribution < 1.29 is 18.4 Å². The number of thiazole rings is 1. The highest BCUT2D eigenvalue weighted by molar-refractivity contribution is 7.15. The maximum absolute atomic E-state index is 14.9. The molecule has 41 heavy (non-hydrogen) atoms. The number of amides is 3. The number of halogens is 2. The summed E-state index contributed by atoms with van der Waals surface area (Å²) in [5, 5.41) is 9.11. The number of hydrogen-bond donors (Lipinski definition) is 3. The lowest BCUT2D eigenvalue weighted by atomic mass is 9.97. The number of carbonyl (C=O) groups is 2. The maximum atomic E-state index is 14.9. The van der Waals surface area contributed by atoms with Gasteiger partial charge in [-0.1, -0.05) is 12.1 Å². The lowest BCUT2D eigenvalue weighted by molar-refractivity contribution is 0.102. The van der Waals surface area contributed by atoms with E-state index in [9.17, 15) is 18.4 Å². The highest BCUT2D eigenvalue weighted by Gasteiger charge is 2.34. The van der Waals surface area contributed by atoms with Crippen molar-refractivity contribution in [3.05, 3.63) is 75.8 Å². The van der Waals surface area contributed by atoms with E-state index in [1.54, 1.807) is 24.4 Å². The van der Waals surface area contributed by atoms with Gasteiger partial charge in [0.15, 0.2) is 10.9 Å². The molecule has 3 N–H and O–H groups in total. The third kappa shape index (κ3) is 5.86. The number of benzene rings is 2. The third-order valence-electron chi connectivity index (χ3n) is 6.42. The van der Waals surface area contributed by atoms with Crippen molar-refractivity contribution in [1.82, 2.24) is 25.2 Å². The monoisotopic (exact) mass is 578 g/mol. The number of carbonyl (C=O) groups excluding carboxylic acids is 2. The van der Waals surface area contributed by atoms with Gasteiger partial charge in [-0.25, -0.2) is 28.4 Å². The van der Waals surface area contributed by atoms with E-state index in [0.29, 0.717) is 40.6 Å². The summed E-state index contributed by atoms with van der Waals surface area (Å²) in [5.74, 6) is -1.96. The van der Waals surface area contributed by atoms with E-state index >= 15 is 0 Å². The molecule has 13 heteroatoms. The smallest absolute Gasteiger partial charge is 0.328 e. The van der Waals surface area contributed by atoms with Crippen LogP contribution in [0, 0.1) is 25.5 Å². The molecule has 10 nitrogen and oxygen atoms in total. The molecule has 4 aromatic rings. The van der Waals surface area contributed by atoms with Gasteiger partial charge in [0.2, 0.25) is 5.95 Å². The lowest BCUT2D eigenvalue weighted by Crippen LogP contribution is -2.43. The summed E-state index contributed by atoms with van der Waals surface area (Å²) in [6, 6.07) is 7.84. The second-order valence-corrected chi connectivity index (χ2v) is 11.0. The first kappa shape index (κ1) is 28.1. The average Bonchev–Trinajstić information content (AvgIpc) is 3.33. The van der Waals surface area contributed by atoms with Gasteiger partial charge >= 0.3 is 6.03 Å². The molecule has 2 aromatic heterocycles. The van der Waals surface area contributed by atoms with Crippen LogP contribution in [0.25, 0.3) is 11.3 Å². The zero-order chi connectivity index (χ0) is 29.3. The Bertz CT molecular complexity index is 1620. The number of anilines is 4. The molecule has 0 saturated heterocycles. The Kier molecular flexibility index (Phi) is 7.90. The van der Waals surface area contributed by atoms with Gasteiger partial charge in [0.1, 0.15) is 17.3 Å². The standard InChI is InChI=1S/C28H28F2N8O2S/c1-15-8-9-17(25(39)36-27-32-13-16(2)41-27)12-18(15)22-19-14-33-28(40)38(23-20(29)6-5-7-21(23)30)24(19)35-26(34-22)31-10-11-37(3)4/h5-9,12-13H,10-11,14H2,1-4H3,(H,33,40)(H,31,34,35)(H,32,36,39). The van der Waals surface area contributed by atoms with Crippen LogP contribution in [0.3, 0.4) is 0 Å². The quantitative estimate of drug-likeness (QED) is 0.267. The van der Waals surface area contributed by atoms with E-state index in [4.69, 9.17) is 4.98 Å². The van der Waals surface area contributed by atoms with Crippen LogP contribution in [0.2, 0.25) is 0 Å². The third-order valence-corrected chi connectivity index (χ3v) is 7.24. The summed E-state index contributed by atoms with van der Waals surface area (Å²) < 4.78 is 29.9. The minimum atomic E-state index is -0.914. The SMILES string of the molecule is Cc1cnc(NC(=O)c2ccc(C)c(-c3nc(NCCN(C)C)nc4c3CNC(=O)N4c3c(F)cccc3F)c2)s1. The highest BCUT2D eigenvalue weighted by atomic mass is 32.1. The number of para-hydroxylation sites is 1. The van der Waals surface area contributed by atoms with Gasteiger partial charge in [-0.05, 0) is 57.8 Å². The summed E-state index contributed by atoms with van der Waals surface area (Å²) in [5.41, 5.74) is 2.09. The van der Waals surface area contributed by atoms with Gasteiger partial charge in [0, 0.05) is 40.9 Å². The topological polar surface area (TPSA) is 115 Å². The molecular weight excluding hydrogens is 550 g/mol. The van der Waals surface area contributed by atoms with E-state index in [1.165, 1.54) is 17.4 Å². The Hall–Kier alpha value is -4.49. The number of aromatic nitrogens is 3. The number of likely N-dealkylation sites (N-methyl/N-ethyl adjacent to an activating group) is 1. The predicted octanol–water partition coefficient (Wildman–Crippen LogP) is 5.08. The minimum absolute atomic E-state index is 0.0162. The summed E-state index contributed by atoms with van der Waals surface area (Å²) >= 11 is 1.36. The average molecular weight is 579 g/mol. The summed E-state index contributed by atoms with van der Waals surface area (Å²) in [6.45, 7) is 4.91. The zero-order valence-corrected chi connectivity index (χ0v) is 23.7. The van der Waals surface area contributed by atoms with E-state index in [0.717, 1.165) is 27.5 Å². The molecule has 3 amide bonds. The van der Waals surface area contributed by atoms with E-state index in [2.05, 4.69) is 25.9 Å². The van der Waals surface area contributed by atoms with Crippen LogP contribution in [0.15, 0.2) is 42.6 Å². The Morgan fingerprint density at radius 2 is 1.90 bits per heavy atom. The van der Waals surface area contributed by atoms with Crippen molar-refractivity contribution in [2.45, 2.75) is 20.4 Å². The normalized spacial score (nSPS) is 12.8. The number of urea groups is 1. The van der Waals surface area contributed by atoms with Gasteiger partial charge in [0.05, 0.1) is 12.2 Å². The zero-order valence-electron chi connectivity index (χ0n) is 22.9. The molecule has 0 saturated carbocycles. The summed E-state index contributed by atoms with van der Waals surface area (Å²) in [4.78, 5) is 43.4. The lowest BCUT2D eigenvalue weighted by Gasteiger charge is -2.31. The van der Waals surface area contributed by atoms with Crippen LogP contribution in [0.5, 0.6) is 0 Å². The number of aryl methyl sites for hydroxylation is 2. The second kappa shape index (κ2) is 11.6. The maximum Gasteiger partial charge on any atom is 0.328 e. The Morgan fingerprint density at radius 1 is 1.15 bits per heavy atom. The van der Waals surface area contributed by atoms with Gasteiger partial charge < -0.3 is 15.5 Å². The fourth-order valence-electron chi connectivity index (χ4n) is 4.36.